The highest BCUT2D eigenvalue weighted by molar-refractivity contribution is 5.82. The van der Waals surface area contributed by atoms with Crippen LogP contribution in [0, 0.1) is 11.8 Å². The summed E-state index contributed by atoms with van der Waals surface area (Å²) in [7, 11) is 0. The molecule has 0 spiro atoms. The fourth-order valence-electron chi connectivity index (χ4n) is 3.88. The second-order valence-corrected chi connectivity index (χ2v) is 7.40. The lowest BCUT2D eigenvalue weighted by molar-refractivity contribution is -0.146. The van der Waals surface area contributed by atoms with E-state index in [0.29, 0.717) is 17.7 Å². The number of carbonyl (C=O) groups excluding carboxylic acids is 1. The predicted octanol–water partition coefficient (Wildman–Crippen LogP) is 1.32. The summed E-state index contributed by atoms with van der Waals surface area (Å²) in [5.74, 6) is 1.20. The van der Waals surface area contributed by atoms with Crippen LogP contribution in [-0.4, -0.2) is 66.7 Å². The van der Waals surface area contributed by atoms with Crippen molar-refractivity contribution in [1.82, 2.24) is 9.80 Å². The first-order valence-electron chi connectivity index (χ1n) is 8.80. The molecule has 2 aliphatic heterocycles. The third-order valence-electron chi connectivity index (χ3n) is 4.99. The number of hydrogen-bond acceptors (Lipinski definition) is 4. The first-order valence-corrected chi connectivity index (χ1v) is 8.80. The van der Waals surface area contributed by atoms with Gasteiger partial charge in [-0.3, -0.25) is 9.69 Å². The number of rotatable bonds is 4. The topological polar surface area (TPSA) is 58.8 Å². The number of amides is 1. The third kappa shape index (κ3) is 4.21. The molecule has 2 rings (SSSR count). The Morgan fingerprint density at radius 1 is 1.18 bits per heavy atom. The average Bonchev–Trinajstić information content (AvgIpc) is 2.46. The predicted molar refractivity (Wildman–Crippen MR) is 88.6 cm³/mol. The van der Waals surface area contributed by atoms with Gasteiger partial charge < -0.3 is 15.4 Å². The van der Waals surface area contributed by atoms with E-state index in [0.717, 1.165) is 45.6 Å². The van der Waals surface area contributed by atoms with Crippen LogP contribution < -0.4 is 5.73 Å². The molecule has 2 N–H and O–H groups in total. The normalized spacial score (nSPS) is 29.8. The monoisotopic (exact) mass is 311 g/mol. The van der Waals surface area contributed by atoms with Crippen LogP contribution in [0.25, 0.3) is 0 Å². The molecular weight excluding hydrogens is 278 g/mol. The van der Waals surface area contributed by atoms with Gasteiger partial charge in [-0.05, 0) is 45.1 Å². The van der Waals surface area contributed by atoms with Gasteiger partial charge in [-0.1, -0.05) is 13.8 Å². The summed E-state index contributed by atoms with van der Waals surface area (Å²) in [5.41, 5.74) is 5.75. The highest BCUT2D eigenvalue weighted by Gasteiger charge is 2.37. The summed E-state index contributed by atoms with van der Waals surface area (Å²) in [4.78, 5) is 17.5. The molecule has 2 heterocycles. The van der Waals surface area contributed by atoms with Gasteiger partial charge in [0.2, 0.25) is 5.91 Å². The quantitative estimate of drug-likeness (QED) is 0.851. The molecule has 2 saturated heterocycles. The minimum Gasteiger partial charge on any atom is -0.373 e. The fraction of sp³-hybridized carbons (Fsp3) is 0.941. The van der Waals surface area contributed by atoms with Crippen molar-refractivity contribution in [2.45, 2.75) is 58.8 Å². The Morgan fingerprint density at radius 2 is 1.73 bits per heavy atom. The summed E-state index contributed by atoms with van der Waals surface area (Å²) in [6.07, 6.45) is 2.48. The summed E-state index contributed by atoms with van der Waals surface area (Å²) in [6, 6.07) is -0.0248. The van der Waals surface area contributed by atoms with Crippen molar-refractivity contribution in [3.8, 4) is 0 Å². The van der Waals surface area contributed by atoms with Crippen molar-refractivity contribution in [3.05, 3.63) is 0 Å². The van der Waals surface area contributed by atoms with Gasteiger partial charge in [-0.15, -0.1) is 0 Å². The largest absolute Gasteiger partial charge is 0.373 e. The van der Waals surface area contributed by atoms with E-state index in [1.807, 2.05) is 0 Å². The summed E-state index contributed by atoms with van der Waals surface area (Å²) >= 11 is 0. The van der Waals surface area contributed by atoms with Crippen LogP contribution in [0.15, 0.2) is 0 Å². The van der Waals surface area contributed by atoms with Gasteiger partial charge in [0, 0.05) is 26.2 Å². The average molecular weight is 311 g/mol. The van der Waals surface area contributed by atoms with Crippen LogP contribution in [-0.2, 0) is 9.53 Å². The molecule has 2 aliphatic rings. The van der Waals surface area contributed by atoms with Gasteiger partial charge in [0.05, 0.1) is 18.2 Å². The van der Waals surface area contributed by atoms with Gasteiger partial charge in [-0.25, -0.2) is 0 Å². The highest BCUT2D eigenvalue weighted by atomic mass is 16.5. The lowest BCUT2D eigenvalue weighted by Crippen LogP contribution is -2.58. The molecule has 22 heavy (non-hydrogen) atoms. The molecule has 0 aromatic carbocycles. The summed E-state index contributed by atoms with van der Waals surface area (Å²) in [6.45, 7) is 12.7. The van der Waals surface area contributed by atoms with E-state index in [2.05, 4.69) is 37.5 Å². The van der Waals surface area contributed by atoms with Gasteiger partial charge in [0.15, 0.2) is 0 Å². The number of nitrogens with two attached hydrogens (primary N) is 1. The van der Waals surface area contributed by atoms with Gasteiger partial charge in [0.25, 0.3) is 0 Å². The van der Waals surface area contributed by atoms with Crippen LogP contribution in [0.4, 0.5) is 0 Å². The first kappa shape index (κ1) is 17.7. The molecule has 3 atom stereocenters. The van der Waals surface area contributed by atoms with Crippen molar-refractivity contribution >= 4 is 5.91 Å². The van der Waals surface area contributed by atoms with Crippen LogP contribution in [0.2, 0.25) is 0 Å². The Balaban J connectivity index is 2.02. The highest BCUT2D eigenvalue weighted by Crippen LogP contribution is 2.23. The molecule has 0 saturated carbocycles. The molecule has 128 valence electrons. The first-order chi connectivity index (χ1) is 10.4. The van der Waals surface area contributed by atoms with Gasteiger partial charge >= 0.3 is 0 Å². The van der Waals surface area contributed by atoms with Crippen molar-refractivity contribution in [2.24, 2.45) is 17.6 Å². The van der Waals surface area contributed by atoms with E-state index in [-0.39, 0.29) is 18.2 Å². The smallest absolute Gasteiger partial charge is 0.240 e. The molecule has 0 aromatic rings. The maximum absolute atomic E-state index is 13.1. The molecular formula is C17H33N3O2. The van der Waals surface area contributed by atoms with Gasteiger partial charge in [-0.2, -0.15) is 0 Å². The van der Waals surface area contributed by atoms with E-state index in [1.54, 1.807) is 0 Å². The van der Waals surface area contributed by atoms with Crippen LogP contribution in [0.3, 0.4) is 0 Å². The van der Waals surface area contributed by atoms with Crippen molar-refractivity contribution in [3.63, 3.8) is 0 Å². The zero-order chi connectivity index (χ0) is 16.3. The van der Waals surface area contributed by atoms with E-state index in [4.69, 9.17) is 10.5 Å². The Labute approximate surface area is 135 Å². The standard InChI is InChI=1S/C17H33N3O2/c1-12(2)16(20-10-13(3)22-14(4)11-20)17(21)19-7-5-15(9-18)6-8-19/h12-16H,5-11,18H2,1-4H3. The number of carbonyl (C=O) groups is 1. The number of piperidine rings is 1. The Bertz CT molecular complexity index is 357. The van der Waals surface area contributed by atoms with E-state index in [1.165, 1.54) is 0 Å². The maximum atomic E-state index is 13.1. The van der Waals surface area contributed by atoms with Crippen molar-refractivity contribution < 1.29 is 9.53 Å². The second-order valence-electron chi connectivity index (χ2n) is 7.40. The van der Waals surface area contributed by atoms with Crippen LogP contribution in [0.1, 0.15) is 40.5 Å². The molecule has 0 bridgehead atoms. The molecule has 0 radical (unpaired) electrons. The molecule has 1 amide bonds. The number of ether oxygens (including phenoxy) is 1. The van der Waals surface area contributed by atoms with E-state index < -0.39 is 0 Å². The zero-order valence-electron chi connectivity index (χ0n) is 14.6. The third-order valence-corrected chi connectivity index (χ3v) is 4.99. The summed E-state index contributed by atoms with van der Waals surface area (Å²) in [5, 5.41) is 0. The minimum atomic E-state index is -0.0248. The lowest BCUT2D eigenvalue weighted by Gasteiger charge is -2.43. The SMILES string of the molecule is CC1CN(C(C(=O)N2CCC(CN)CC2)C(C)C)CC(C)O1. The Morgan fingerprint density at radius 3 is 2.18 bits per heavy atom. The second kappa shape index (κ2) is 7.75. The number of nitrogens with zero attached hydrogens (tertiary/aromatic N) is 2. The summed E-state index contributed by atoms with van der Waals surface area (Å²) < 4.78 is 5.82. The number of hydrogen-bond donors (Lipinski definition) is 1. The zero-order valence-corrected chi connectivity index (χ0v) is 14.6. The molecule has 0 aliphatic carbocycles. The van der Waals surface area contributed by atoms with Crippen LogP contribution in [0.5, 0.6) is 0 Å². The number of likely N-dealkylation sites (tertiary alicyclic amines) is 1. The van der Waals surface area contributed by atoms with E-state index in [9.17, 15) is 4.79 Å². The minimum absolute atomic E-state index is 0.0248. The molecule has 5 nitrogen and oxygen atoms in total. The maximum Gasteiger partial charge on any atom is 0.240 e. The molecule has 5 heteroatoms. The van der Waals surface area contributed by atoms with Crippen molar-refractivity contribution in [1.29, 1.82) is 0 Å². The molecule has 0 aromatic heterocycles. The van der Waals surface area contributed by atoms with Gasteiger partial charge in [0.1, 0.15) is 0 Å². The Hall–Kier alpha value is -0.650. The number of morpholine rings is 1. The van der Waals surface area contributed by atoms with Crippen molar-refractivity contribution in [2.75, 3.05) is 32.7 Å². The van der Waals surface area contributed by atoms with E-state index >= 15 is 0 Å². The van der Waals surface area contributed by atoms with Crippen LogP contribution >= 0.6 is 0 Å². The lowest BCUT2D eigenvalue weighted by atomic mass is 9.94. The molecule has 3 unspecified atom stereocenters. The molecule has 2 fully saturated rings. The fourth-order valence-corrected chi connectivity index (χ4v) is 3.88. The Kier molecular flexibility index (Phi) is 6.24.